The van der Waals surface area contributed by atoms with Gasteiger partial charge >= 0.3 is 0 Å². The van der Waals surface area contributed by atoms with Gasteiger partial charge in [0.25, 0.3) is 0 Å². The standard InChI is InChI=1S/C17H21N5O2/c1-12-19-13(14-6-5-9-22(14)17(23)11-24-2)10-16(20-12)21-15-7-3-4-8-18-15/h3-4,7-8,10,14H,5-6,9,11H2,1-2H3,(H,18,19,20,21)/t14-/m0/s1. The lowest BCUT2D eigenvalue weighted by atomic mass is 10.1. The number of pyridine rings is 1. The van der Waals surface area contributed by atoms with Crippen molar-refractivity contribution in [2.45, 2.75) is 25.8 Å². The molecule has 7 nitrogen and oxygen atoms in total. The van der Waals surface area contributed by atoms with E-state index in [0.717, 1.165) is 30.9 Å². The Hall–Kier alpha value is -2.54. The normalized spacial score (nSPS) is 17.1. The first-order valence-electron chi connectivity index (χ1n) is 7.99. The molecular weight excluding hydrogens is 306 g/mol. The zero-order chi connectivity index (χ0) is 16.9. The zero-order valence-electron chi connectivity index (χ0n) is 13.9. The van der Waals surface area contributed by atoms with E-state index in [1.165, 1.54) is 7.11 Å². The molecule has 3 rings (SSSR count). The van der Waals surface area contributed by atoms with Crippen LogP contribution in [0.5, 0.6) is 0 Å². The van der Waals surface area contributed by atoms with E-state index in [0.29, 0.717) is 11.6 Å². The van der Waals surface area contributed by atoms with Crippen molar-refractivity contribution in [3.05, 3.63) is 42.0 Å². The number of carbonyl (C=O) groups is 1. The zero-order valence-corrected chi connectivity index (χ0v) is 13.9. The van der Waals surface area contributed by atoms with Gasteiger partial charge < -0.3 is 15.0 Å². The van der Waals surface area contributed by atoms with Gasteiger partial charge in [0.15, 0.2) is 0 Å². The number of ether oxygens (including phenoxy) is 1. The van der Waals surface area contributed by atoms with Crippen molar-refractivity contribution in [2.75, 3.05) is 25.6 Å². The molecule has 0 spiro atoms. The molecule has 7 heteroatoms. The van der Waals surface area contributed by atoms with Crippen molar-refractivity contribution in [1.82, 2.24) is 19.9 Å². The summed E-state index contributed by atoms with van der Waals surface area (Å²) < 4.78 is 4.98. The summed E-state index contributed by atoms with van der Waals surface area (Å²) >= 11 is 0. The van der Waals surface area contributed by atoms with E-state index in [2.05, 4.69) is 20.3 Å². The molecule has 24 heavy (non-hydrogen) atoms. The van der Waals surface area contributed by atoms with E-state index in [1.54, 1.807) is 6.20 Å². The van der Waals surface area contributed by atoms with Crippen molar-refractivity contribution < 1.29 is 9.53 Å². The number of amides is 1. The Morgan fingerprint density at radius 2 is 2.25 bits per heavy atom. The number of anilines is 2. The average molecular weight is 327 g/mol. The molecule has 1 fully saturated rings. The van der Waals surface area contributed by atoms with Gasteiger partial charge in [0.2, 0.25) is 5.91 Å². The Morgan fingerprint density at radius 3 is 3.00 bits per heavy atom. The summed E-state index contributed by atoms with van der Waals surface area (Å²) in [6.45, 7) is 2.68. The maximum atomic E-state index is 12.2. The van der Waals surface area contributed by atoms with Gasteiger partial charge in [-0.15, -0.1) is 0 Å². The van der Waals surface area contributed by atoms with E-state index in [4.69, 9.17) is 4.74 Å². The van der Waals surface area contributed by atoms with Crippen LogP contribution in [0, 0.1) is 6.92 Å². The summed E-state index contributed by atoms with van der Waals surface area (Å²) in [6, 6.07) is 7.51. The second-order valence-electron chi connectivity index (χ2n) is 5.74. The Bertz CT molecular complexity index is 707. The molecule has 0 aliphatic carbocycles. The maximum Gasteiger partial charge on any atom is 0.249 e. The number of hydrogen-bond donors (Lipinski definition) is 1. The van der Waals surface area contributed by atoms with Gasteiger partial charge in [-0.1, -0.05) is 6.07 Å². The van der Waals surface area contributed by atoms with E-state index in [1.807, 2.05) is 36.1 Å². The molecule has 0 unspecified atom stereocenters. The van der Waals surface area contributed by atoms with E-state index < -0.39 is 0 Å². The lowest BCUT2D eigenvalue weighted by Crippen LogP contribution is -2.33. The molecule has 1 aliphatic rings. The Labute approximate surface area is 141 Å². The largest absolute Gasteiger partial charge is 0.375 e. The third kappa shape index (κ3) is 3.68. The van der Waals surface area contributed by atoms with Crippen LogP contribution < -0.4 is 5.32 Å². The van der Waals surface area contributed by atoms with Crippen molar-refractivity contribution >= 4 is 17.5 Å². The van der Waals surface area contributed by atoms with Gasteiger partial charge in [0.05, 0.1) is 11.7 Å². The van der Waals surface area contributed by atoms with Crippen molar-refractivity contribution in [1.29, 1.82) is 0 Å². The van der Waals surface area contributed by atoms with Crippen LogP contribution in [0.25, 0.3) is 0 Å². The minimum absolute atomic E-state index is 0.00417. The quantitative estimate of drug-likeness (QED) is 0.907. The maximum absolute atomic E-state index is 12.2. The summed E-state index contributed by atoms with van der Waals surface area (Å²) in [5, 5.41) is 3.19. The highest BCUT2D eigenvalue weighted by atomic mass is 16.5. The van der Waals surface area contributed by atoms with Crippen molar-refractivity contribution in [2.24, 2.45) is 0 Å². The number of hydrogen-bond acceptors (Lipinski definition) is 6. The topological polar surface area (TPSA) is 80.2 Å². The number of aromatic nitrogens is 3. The monoisotopic (exact) mass is 327 g/mol. The molecule has 0 aromatic carbocycles. The summed E-state index contributed by atoms with van der Waals surface area (Å²) in [5.41, 5.74) is 0.850. The minimum Gasteiger partial charge on any atom is -0.375 e. The summed E-state index contributed by atoms with van der Waals surface area (Å²) in [5.74, 6) is 2.06. The third-order valence-corrected chi connectivity index (χ3v) is 3.96. The van der Waals surface area contributed by atoms with Gasteiger partial charge in [-0.05, 0) is 31.9 Å². The second-order valence-corrected chi connectivity index (χ2v) is 5.74. The SMILES string of the molecule is COCC(=O)N1CCC[C@H]1c1cc(Nc2ccccn2)nc(C)n1. The van der Waals surface area contributed by atoms with Crippen LogP contribution in [0.2, 0.25) is 0 Å². The fourth-order valence-corrected chi connectivity index (χ4v) is 2.97. The Balaban J connectivity index is 1.84. The van der Waals surface area contributed by atoms with E-state index >= 15 is 0 Å². The number of methoxy groups -OCH3 is 1. The molecule has 0 saturated carbocycles. The van der Waals surface area contributed by atoms with Crippen LogP contribution in [-0.4, -0.2) is 46.0 Å². The lowest BCUT2D eigenvalue weighted by Gasteiger charge is -2.24. The number of carbonyl (C=O) groups excluding carboxylic acids is 1. The van der Waals surface area contributed by atoms with E-state index in [9.17, 15) is 4.79 Å². The second kappa shape index (κ2) is 7.35. The van der Waals surface area contributed by atoms with Gasteiger partial charge in [-0.2, -0.15) is 0 Å². The predicted molar refractivity (Wildman–Crippen MR) is 89.9 cm³/mol. The van der Waals surface area contributed by atoms with Crippen molar-refractivity contribution in [3.63, 3.8) is 0 Å². The van der Waals surface area contributed by atoms with Crippen LogP contribution in [0.1, 0.15) is 30.4 Å². The average Bonchev–Trinajstić information content (AvgIpc) is 3.05. The van der Waals surface area contributed by atoms with Crippen LogP contribution in [0.15, 0.2) is 30.5 Å². The first kappa shape index (κ1) is 16.3. The number of nitrogens with zero attached hydrogens (tertiary/aromatic N) is 4. The number of likely N-dealkylation sites (tertiary alicyclic amines) is 1. The van der Waals surface area contributed by atoms with Crippen LogP contribution in [0.4, 0.5) is 11.6 Å². The highest BCUT2D eigenvalue weighted by Gasteiger charge is 2.31. The van der Waals surface area contributed by atoms with Crippen molar-refractivity contribution in [3.8, 4) is 0 Å². The minimum atomic E-state index is -0.0290. The van der Waals surface area contributed by atoms with Gasteiger partial charge in [0.1, 0.15) is 24.1 Å². The van der Waals surface area contributed by atoms with Crippen LogP contribution in [0.3, 0.4) is 0 Å². The van der Waals surface area contributed by atoms with Gasteiger partial charge in [-0.25, -0.2) is 15.0 Å². The molecule has 126 valence electrons. The molecule has 1 atom stereocenters. The highest BCUT2D eigenvalue weighted by Crippen LogP contribution is 2.32. The smallest absolute Gasteiger partial charge is 0.249 e. The molecule has 0 bridgehead atoms. The molecule has 1 amide bonds. The highest BCUT2D eigenvalue weighted by molar-refractivity contribution is 5.78. The summed E-state index contributed by atoms with van der Waals surface area (Å²) in [7, 11) is 1.53. The first-order chi connectivity index (χ1) is 11.7. The molecule has 3 heterocycles. The molecule has 2 aromatic rings. The summed E-state index contributed by atoms with van der Waals surface area (Å²) in [6.07, 6.45) is 3.58. The number of nitrogens with one attached hydrogen (secondary N) is 1. The lowest BCUT2D eigenvalue weighted by molar-refractivity contribution is -0.136. The first-order valence-corrected chi connectivity index (χ1v) is 7.99. The molecule has 1 saturated heterocycles. The molecule has 0 radical (unpaired) electrons. The third-order valence-electron chi connectivity index (χ3n) is 3.96. The fraction of sp³-hybridized carbons (Fsp3) is 0.412. The Morgan fingerprint density at radius 1 is 1.38 bits per heavy atom. The molecule has 1 aliphatic heterocycles. The number of aryl methyl sites for hydroxylation is 1. The number of rotatable bonds is 5. The van der Waals surface area contributed by atoms with Gasteiger partial charge in [0, 0.05) is 25.9 Å². The molecule has 2 aromatic heterocycles. The Kier molecular flexibility index (Phi) is 5.00. The van der Waals surface area contributed by atoms with Gasteiger partial charge in [-0.3, -0.25) is 4.79 Å². The van der Waals surface area contributed by atoms with Crippen LogP contribution in [-0.2, 0) is 9.53 Å². The summed E-state index contributed by atoms with van der Waals surface area (Å²) in [4.78, 5) is 27.3. The fourth-order valence-electron chi connectivity index (χ4n) is 2.97. The molecule has 1 N–H and O–H groups in total. The van der Waals surface area contributed by atoms with Crippen LogP contribution >= 0.6 is 0 Å². The predicted octanol–water partition coefficient (Wildman–Crippen LogP) is 2.23. The van der Waals surface area contributed by atoms with E-state index in [-0.39, 0.29) is 18.6 Å². The molecular formula is C17H21N5O2.